The van der Waals surface area contributed by atoms with E-state index in [1.807, 2.05) is 25.2 Å². The van der Waals surface area contributed by atoms with Crippen LogP contribution < -0.4 is 10.6 Å². The molecular weight excluding hydrogens is 270 g/mol. The van der Waals surface area contributed by atoms with E-state index < -0.39 is 4.92 Å². The first-order chi connectivity index (χ1) is 10.1. The lowest BCUT2D eigenvalue weighted by molar-refractivity contribution is -0.384. The predicted molar refractivity (Wildman–Crippen MR) is 80.3 cm³/mol. The Hall–Kier alpha value is -2.73. The van der Waals surface area contributed by atoms with Crippen molar-refractivity contribution >= 4 is 17.3 Å². The van der Waals surface area contributed by atoms with Crippen molar-refractivity contribution in [3.63, 3.8) is 0 Å². The third-order valence-electron chi connectivity index (χ3n) is 2.88. The molecule has 2 rings (SSSR count). The number of hydrogen-bond acceptors (Lipinski definition) is 4. The molecular formula is C15H15N3O3. The van der Waals surface area contributed by atoms with Crippen LogP contribution in [0.1, 0.15) is 15.9 Å². The number of nitro groups is 1. The van der Waals surface area contributed by atoms with Gasteiger partial charge < -0.3 is 10.6 Å². The van der Waals surface area contributed by atoms with Crippen molar-refractivity contribution in [2.75, 3.05) is 12.4 Å². The Morgan fingerprint density at radius 2 is 1.95 bits per heavy atom. The van der Waals surface area contributed by atoms with Crippen LogP contribution in [-0.2, 0) is 6.54 Å². The highest BCUT2D eigenvalue weighted by molar-refractivity contribution is 6.04. The summed E-state index contributed by atoms with van der Waals surface area (Å²) < 4.78 is 0. The van der Waals surface area contributed by atoms with Crippen LogP contribution in [0.2, 0.25) is 0 Å². The smallest absolute Gasteiger partial charge is 0.270 e. The maximum absolute atomic E-state index is 12.1. The van der Waals surface area contributed by atoms with E-state index in [2.05, 4.69) is 10.6 Å². The third-order valence-corrected chi connectivity index (χ3v) is 2.88. The Bertz CT molecular complexity index is 671. The number of nitro benzene ring substituents is 1. The monoisotopic (exact) mass is 285 g/mol. The Morgan fingerprint density at radius 3 is 2.67 bits per heavy atom. The van der Waals surface area contributed by atoms with Crippen LogP contribution in [-0.4, -0.2) is 17.9 Å². The van der Waals surface area contributed by atoms with Gasteiger partial charge in [-0.25, -0.2) is 0 Å². The molecule has 0 aliphatic heterocycles. The Morgan fingerprint density at radius 1 is 1.19 bits per heavy atom. The summed E-state index contributed by atoms with van der Waals surface area (Å²) in [5.41, 5.74) is 1.84. The molecule has 0 saturated carbocycles. The maximum atomic E-state index is 12.1. The van der Waals surface area contributed by atoms with E-state index in [-0.39, 0.29) is 17.2 Å². The van der Waals surface area contributed by atoms with Crippen LogP contribution in [0.25, 0.3) is 0 Å². The van der Waals surface area contributed by atoms with Gasteiger partial charge in [0.05, 0.1) is 4.92 Å². The standard InChI is InChI=1S/C15H15N3O3/c1-16-10-11-4-2-6-13(8-11)17-15(19)12-5-3-7-14(9-12)18(20)21/h2-9,16H,10H2,1H3,(H,17,19). The summed E-state index contributed by atoms with van der Waals surface area (Å²) in [6.07, 6.45) is 0. The van der Waals surface area contributed by atoms with Gasteiger partial charge in [0.15, 0.2) is 0 Å². The quantitative estimate of drug-likeness (QED) is 0.653. The van der Waals surface area contributed by atoms with E-state index in [1.165, 1.54) is 18.2 Å². The van der Waals surface area contributed by atoms with Gasteiger partial charge in [0.1, 0.15) is 0 Å². The number of nitrogens with zero attached hydrogens (tertiary/aromatic N) is 1. The lowest BCUT2D eigenvalue weighted by Gasteiger charge is -2.07. The van der Waals surface area contributed by atoms with Crippen molar-refractivity contribution in [1.29, 1.82) is 0 Å². The molecule has 2 aromatic carbocycles. The summed E-state index contributed by atoms with van der Waals surface area (Å²) in [6, 6.07) is 13.1. The van der Waals surface area contributed by atoms with Gasteiger partial charge in [-0.3, -0.25) is 14.9 Å². The highest BCUT2D eigenvalue weighted by Crippen LogP contribution is 2.16. The number of rotatable bonds is 5. The molecule has 0 heterocycles. The SMILES string of the molecule is CNCc1cccc(NC(=O)c2cccc([N+](=O)[O-])c2)c1. The molecule has 0 saturated heterocycles. The second-order valence-corrected chi connectivity index (χ2v) is 4.49. The zero-order valence-electron chi connectivity index (χ0n) is 11.5. The van der Waals surface area contributed by atoms with Crippen LogP contribution in [0.4, 0.5) is 11.4 Å². The minimum atomic E-state index is -0.523. The van der Waals surface area contributed by atoms with Crippen molar-refractivity contribution in [2.24, 2.45) is 0 Å². The molecule has 0 unspecified atom stereocenters. The van der Waals surface area contributed by atoms with E-state index in [0.29, 0.717) is 12.2 Å². The highest BCUT2D eigenvalue weighted by atomic mass is 16.6. The van der Waals surface area contributed by atoms with Crippen molar-refractivity contribution in [3.8, 4) is 0 Å². The van der Waals surface area contributed by atoms with E-state index >= 15 is 0 Å². The highest BCUT2D eigenvalue weighted by Gasteiger charge is 2.11. The fraction of sp³-hybridized carbons (Fsp3) is 0.133. The maximum Gasteiger partial charge on any atom is 0.270 e. The van der Waals surface area contributed by atoms with Gasteiger partial charge >= 0.3 is 0 Å². The number of benzene rings is 2. The molecule has 0 aliphatic carbocycles. The van der Waals surface area contributed by atoms with Gasteiger partial charge in [-0.05, 0) is 30.8 Å². The van der Waals surface area contributed by atoms with E-state index in [4.69, 9.17) is 0 Å². The van der Waals surface area contributed by atoms with Gasteiger partial charge in [-0.2, -0.15) is 0 Å². The van der Waals surface area contributed by atoms with Gasteiger partial charge in [0, 0.05) is 29.9 Å². The van der Waals surface area contributed by atoms with Gasteiger partial charge in [0.2, 0.25) is 0 Å². The predicted octanol–water partition coefficient (Wildman–Crippen LogP) is 2.57. The number of non-ortho nitro benzene ring substituents is 1. The molecule has 0 atom stereocenters. The van der Waals surface area contributed by atoms with E-state index in [1.54, 1.807) is 12.1 Å². The number of anilines is 1. The average Bonchev–Trinajstić information content (AvgIpc) is 2.48. The molecule has 6 nitrogen and oxygen atoms in total. The molecule has 0 bridgehead atoms. The number of carbonyl (C=O) groups excluding carboxylic acids is 1. The van der Waals surface area contributed by atoms with Crippen molar-refractivity contribution in [1.82, 2.24) is 5.32 Å². The van der Waals surface area contributed by atoms with Gasteiger partial charge in [-0.1, -0.05) is 18.2 Å². The zero-order chi connectivity index (χ0) is 15.2. The fourth-order valence-corrected chi connectivity index (χ4v) is 1.93. The number of amides is 1. The Labute approximate surface area is 121 Å². The van der Waals surface area contributed by atoms with Crippen molar-refractivity contribution < 1.29 is 9.72 Å². The largest absolute Gasteiger partial charge is 0.322 e. The minimum absolute atomic E-state index is 0.105. The minimum Gasteiger partial charge on any atom is -0.322 e. The second kappa shape index (κ2) is 6.62. The second-order valence-electron chi connectivity index (χ2n) is 4.49. The van der Waals surface area contributed by atoms with Crippen molar-refractivity contribution in [3.05, 3.63) is 69.8 Å². The molecule has 1 amide bonds. The fourth-order valence-electron chi connectivity index (χ4n) is 1.93. The summed E-state index contributed by atoms with van der Waals surface area (Å²) in [7, 11) is 1.84. The van der Waals surface area contributed by atoms with Crippen LogP contribution >= 0.6 is 0 Å². The summed E-state index contributed by atoms with van der Waals surface area (Å²) in [4.78, 5) is 22.3. The molecule has 6 heteroatoms. The molecule has 0 aromatic heterocycles. The third kappa shape index (κ3) is 3.87. The first kappa shape index (κ1) is 14.7. The lowest BCUT2D eigenvalue weighted by Crippen LogP contribution is -2.12. The summed E-state index contributed by atoms with van der Waals surface area (Å²) in [5, 5.41) is 16.5. The lowest BCUT2D eigenvalue weighted by atomic mass is 10.1. The van der Waals surface area contributed by atoms with Gasteiger partial charge in [-0.15, -0.1) is 0 Å². The number of hydrogen-bond donors (Lipinski definition) is 2. The van der Waals surface area contributed by atoms with Crippen LogP contribution in [0, 0.1) is 10.1 Å². The summed E-state index contributed by atoms with van der Waals surface area (Å²) >= 11 is 0. The molecule has 2 N–H and O–H groups in total. The normalized spacial score (nSPS) is 10.1. The number of nitrogens with one attached hydrogen (secondary N) is 2. The molecule has 2 aromatic rings. The van der Waals surface area contributed by atoms with Gasteiger partial charge in [0.25, 0.3) is 11.6 Å². The molecule has 0 radical (unpaired) electrons. The summed E-state index contributed by atoms with van der Waals surface area (Å²) in [5.74, 6) is -0.375. The molecule has 0 aliphatic rings. The molecule has 0 fully saturated rings. The topological polar surface area (TPSA) is 84.3 Å². The van der Waals surface area contributed by atoms with Crippen LogP contribution in [0.3, 0.4) is 0 Å². The Kier molecular flexibility index (Phi) is 4.63. The van der Waals surface area contributed by atoms with Crippen LogP contribution in [0.5, 0.6) is 0 Å². The summed E-state index contributed by atoms with van der Waals surface area (Å²) in [6.45, 7) is 0.695. The molecule has 0 spiro atoms. The first-order valence-electron chi connectivity index (χ1n) is 6.39. The number of carbonyl (C=O) groups is 1. The average molecular weight is 285 g/mol. The molecule has 21 heavy (non-hydrogen) atoms. The van der Waals surface area contributed by atoms with E-state index in [0.717, 1.165) is 5.56 Å². The zero-order valence-corrected chi connectivity index (χ0v) is 11.5. The molecule has 108 valence electrons. The van der Waals surface area contributed by atoms with Crippen LogP contribution in [0.15, 0.2) is 48.5 Å². The van der Waals surface area contributed by atoms with Crippen molar-refractivity contribution in [2.45, 2.75) is 6.54 Å². The Balaban J connectivity index is 2.16. The first-order valence-corrected chi connectivity index (χ1v) is 6.39. The van der Waals surface area contributed by atoms with E-state index in [9.17, 15) is 14.9 Å².